The second-order valence-electron chi connectivity index (χ2n) is 9.22. The van der Waals surface area contributed by atoms with E-state index in [2.05, 4.69) is 29.2 Å². The quantitative estimate of drug-likeness (QED) is 0.183. The highest BCUT2D eigenvalue weighted by Crippen LogP contribution is 2.35. The van der Waals surface area contributed by atoms with Gasteiger partial charge in [0.15, 0.2) is 5.16 Å². The van der Waals surface area contributed by atoms with Gasteiger partial charge in [0.1, 0.15) is 10.5 Å². The van der Waals surface area contributed by atoms with Crippen LogP contribution in [0.5, 0.6) is 0 Å². The molecule has 36 heavy (non-hydrogen) atoms. The lowest BCUT2D eigenvalue weighted by Gasteiger charge is -2.33. The predicted octanol–water partition coefficient (Wildman–Crippen LogP) is 6.88. The van der Waals surface area contributed by atoms with Gasteiger partial charge in [-0.2, -0.15) is 0 Å². The molecule has 4 nitrogen and oxygen atoms in total. The highest BCUT2D eigenvalue weighted by molar-refractivity contribution is 7.98. The van der Waals surface area contributed by atoms with Crippen molar-refractivity contribution < 1.29 is 4.39 Å². The van der Waals surface area contributed by atoms with Crippen molar-refractivity contribution in [2.45, 2.75) is 36.3 Å². The molecule has 182 valence electrons. The number of piperidine rings is 1. The third-order valence-electron chi connectivity index (χ3n) is 6.88. The van der Waals surface area contributed by atoms with E-state index >= 15 is 0 Å². The normalized spacial score (nSPS) is 15.1. The van der Waals surface area contributed by atoms with E-state index in [1.165, 1.54) is 34.7 Å². The molecule has 3 aromatic carbocycles. The van der Waals surface area contributed by atoms with Gasteiger partial charge in [0.05, 0.1) is 5.52 Å². The number of hydrogen-bond donors (Lipinski definition) is 0. The molecule has 0 radical (unpaired) electrons. The van der Waals surface area contributed by atoms with Crippen LogP contribution in [-0.4, -0.2) is 27.5 Å². The summed E-state index contributed by atoms with van der Waals surface area (Å²) in [6.07, 6.45) is 1.77. The molecule has 1 aliphatic heterocycles. The van der Waals surface area contributed by atoms with Crippen molar-refractivity contribution in [3.63, 3.8) is 0 Å². The predicted molar refractivity (Wildman–Crippen MR) is 147 cm³/mol. The van der Waals surface area contributed by atoms with Crippen LogP contribution in [0.15, 0.2) is 88.8 Å². The first-order valence-electron chi connectivity index (χ1n) is 12.2. The summed E-state index contributed by atoms with van der Waals surface area (Å²) in [5.74, 6) is 0.203. The van der Waals surface area contributed by atoms with E-state index in [1.807, 2.05) is 41.0 Å². The number of benzene rings is 3. The molecule has 7 heteroatoms. The molecular formula is C29H26FN3OS2. The number of rotatable bonds is 6. The van der Waals surface area contributed by atoms with Gasteiger partial charge in [-0.3, -0.25) is 14.3 Å². The van der Waals surface area contributed by atoms with Crippen LogP contribution in [0.25, 0.3) is 20.3 Å². The summed E-state index contributed by atoms with van der Waals surface area (Å²) in [7, 11) is 0. The van der Waals surface area contributed by atoms with Crippen LogP contribution >= 0.6 is 23.1 Å². The fourth-order valence-electron chi connectivity index (χ4n) is 4.99. The van der Waals surface area contributed by atoms with Crippen molar-refractivity contribution in [2.24, 2.45) is 0 Å². The van der Waals surface area contributed by atoms with Crippen LogP contribution in [0.4, 0.5) is 4.39 Å². The average molecular weight is 516 g/mol. The lowest BCUT2D eigenvalue weighted by molar-refractivity contribution is 0.173. The Labute approximate surface area is 217 Å². The van der Waals surface area contributed by atoms with E-state index in [1.54, 1.807) is 12.1 Å². The van der Waals surface area contributed by atoms with Crippen molar-refractivity contribution >= 4 is 43.4 Å². The number of fused-ring (bicyclic) bond motifs is 3. The van der Waals surface area contributed by atoms with E-state index in [9.17, 15) is 9.18 Å². The van der Waals surface area contributed by atoms with Crippen molar-refractivity contribution in [2.75, 3.05) is 13.1 Å². The molecule has 5 aromatic rings. The summed E-state index contributed by atoms with van der Waals surface area (Å²) in [5, 5.41) is 1.69. The minimum atomic E-state index is -0.227. The van der Waals surface area contributed by atoms with E-state index in [0.29, 0.717) is 21.2 Å². The molecule has 3 heterocycles. The Hall–Kier alpha value is -3.00. The third kappa shape index (κ3) is 4.59. The van der Waals surface area contributed by atoms with E-state index in [4.69, 9.17) is 4.98 Å². The third-order valence-corrected chi connectivity index (χ3v) is 9.03. The van der Waals surface area contributed by atoms with E-state index in [0.717, 1.165) is 48.1 Å². The minimum absolute atomic E-state index is 0.0266. The first-order valence-corrected chi connectivity index (χ1v) is 14.0. The number of hydrogen-bond acceptors (Lipinski definition) is 5. The largest absolute Gasteiger partial charge is 0.299 e. The summed E-state index contributed by atoms with van der Waals surface area (Å²) >= 11 is 2.97. The van der Waals surface area contributed by atoms with Crippen molar-refractivity contribution in [1.82, 2.24) is 14.5 Å². The molecule has 0 spiro atoms. The van der Waals surface area contributed by atoms with Crippen LogP contribution in [0, 0.1) is 5.82 Å². The Morgan fingerprint density at radius 2 is 1.67 bits per heavy atom. The number of aromatic nitrogens is 2. The van der Waals surface area contributed by atoms with Gasteiger partial charge in [0.25, 0.3) is 5.56 Å². The topological polar surface area (TPSA) is 38.1 Å². The number of halogens is 1. The standard InChI is InChI=1S/C29H26FN3OS2/c30-24-12-6-4-10-21(24)19-35-29-31-26-23-11-5-7-13-25(23)36-27(26)28(34)33(29)22-14-16-32(17-15-22)18-20-8-2-1-3-9-20/h1-13,22H,14-19H2. The molecule has 1 saturated heterocycles. The lowest BCUT2D eigenvalue weighted by Crippen LogP contribution is -2.38. The summed E-state index contributed by atoms with van der Waals surface area (Å²) in [6, 6.07) is 25.5. The van der Waals surface area contributed by atoms with Crippen LogP contribution in [0.3, 0.4) is 0 Å². The molecule has 0 atom stereocenters. The summed E-state index contributed by atoms with van der Waals surface area (Å²) in [4.78, 5) is 21.4. The highest BCUT2D eigenvalue weighted by atomic mass is 32.2. The zero-order chi connectivity index (χ0) is 24.5. The number of thioether (sulfide) groups is 1. The molecule has 0 unspecified atom stereocenters. The first kappa shape index (κ1) is 23.4. The molecule has 0 amide bonds. The summed E-state index contributed by atoms with van der Waals surface area (Å²) in [5.41, 5.74) is 2.71. The Morgan fingerprint density at radius 3 is 2.47 bits per heavy atom. The van der Waals surface area contributed by atoms with Gasteiger partial charge >= 0.3 is 0 Å². The summed E-state index contributed by atoms with van der Waals surface area (Å²) < 4.78 is 18.0. The number of likely N-dealkylation sites (tertiary alicyclic amines) is 1. The van der Waals surface area contributed by atoms with Crippen molar-refractivity contribution in [1.29, 1.82) is 0 Å². The van der Waals surface area contributed by atoms with Crippen LogP contribution < -0.4 is 5.56 Å². The molecule has 0 N–H and O–H groups in total. The maximum absolute atomic E-state index is 14.4. The summed E-state index contributed by atoms with van der Waals surface area (Å²) in [6.45, 7) is 2.77. The van der Waals surface area contributed by atoms with Gasteiger partial charge in [-0.15, -0.1) is 11.3 Å². The second-order valence-corrected chi connectivity index (χ2v) is 11.2. The monoisotopic (exact) mass is 515 g/mol. The zero-order valence-corrected chi connectivity index (χ0v) is 21.4. The van der Waals surface area contributed by atoms with Crippen LogP contribution in [-0.2, 0) is 12.3 Å². The Balaban J connectivity index is 1.34. The molecule has 6 rings (SSSR count). The molecular weight excluding hydrogens is 489 g/mol. The minimum Gasteiger partial charge on any atom is -0.299 e. The molecule has 2 aromatic heterocycles. The van der Waals surface area contributed by atoms with Gasteiger partial charge in [0, 0.05) is 41.5 Å². The Morgan fingerprint density at radius 1 is 0.944 bits per heavy atom. The first-order chi connectivity index (χ1) is 17.7. The Kier molecular flexibility index (Phi) is 6.61. The van der Waals surface area contributed by atoms with Crippen molar-refractivity contribution in [3.8, 4) is 0 Å². The molecule has 0 aliphatic carbocycles. The van der Waals surface area contributed by atoms with Gasteiger partial charge < -0.3 is 0 Å². The van der Waals surface area contributed by atoms with Crippen molar-refractivity contribution in [3.05, 3.63) is 106 Å². The average Bonchev–Trinajstić information content (AvgIpc) is 3.29. The SMILES string of the molecule is O=c1c2sc3ccccc3c2nc(SCc2ccccc2F)n1C1CCN(Cc2ccccc2)CC1. The number of thiophene rings is 1. The van der Waals surface area contributed by atoms with Crippen LogP contribution in [0.2, 0.25) is 0 Å². The highest BCUT2D eigenvalue weighted by Gasteiger charge is 2.26. The lowest BCUT2D eigenvalue weighted by atomic mass is 10.0. The maximum Gasteiger partial charge on any atom is 0.272 e. The maximum atomic E-state index is 14.4. The molecule has 0 saturated carbocycles. The van der Waals surface area contributed by atoms with Gasteiger partial charge in [-0.1, -0.05) is 78.5 Å². The number of nitrogens with zero attached hydrogens (tertiary/aromatic N) is 3. The van der Waals surface area contributed by atoms with E-state index < -0.39 is 0 Å². The van der Waals surface area contributed by atoms with Gasteiger partial charge in [-0.05, 0) is 36.1 Å². The van der Waals surface area contributed by atoms with E-state index in [-0.39, 0.29) is 17.4 Å². The van der Waals surface area contributed by atoms with Gasteiger partial charge in [0.2, 0.25) is 0 Å². The second kappa shape index (κ2) is 10.2. The molecule has 0 bridgehead atoms. The van der Waals surface area contributed by atoms with Gasteiger partial charge in [-0.25, -0.2) is 9.37 Å². The van der Waals surface area contributed by atoms with Crippen LogP contribution in [0.1, 0.15) is 30.0 Å². The fourth-order valence-corrected chi connectivity index (χ4v) is 7.12. The Bertz CT molecular complexity index is 1570. The smallest absolute Gasteiger partial charge is 0.272 e. The molecule has 1 aliphatic rings. The zero-order valence-electron chi connectivity index (χ0n) is 19.8. The fraction of sp³-hybridized carbons (Fsp3) is 0.241. The molecule has 1 fully saturated rings.